The monoisotopic (exact) mass is 500 g/mol. The Morgan fingerprint density at radius 1 is 1.03 bits per heavy atom. The normalized spacial score (nSPS) is 19.5. The number of amides is 1. The van der Waals surface area contributed by atoms with Gasteiger partial charge in [0, 0.05) is 38.5 Å². The first-order valence-corrected chi connectivity index (χ1v) is 12.7. The molecule has 4 rings (SSSR count). The molecule has 3 aromatic carbocycles. The molecule has 0 bridgehead atoms. The lowest BCUT2D eigenvalue weighted by Gasteiger charge is -2.37. The SMILES string of the molecule is C=CCN(C)C[C@@H]1C[C@H](c2ccc(CO)cc2)O[C@H](c2cccc(-c3cccc(CNC(C)=O)c3)c2)O1. The average Bonchev–Trinajstić information content (AvgIpc) is 2.92. The summed E-state index contributed by atoms with van der Waals surface area (Å²) in [7, 11) is 2.06. The predicted octanol–water partition coefficient (Wildman–Crippen LogP) is 5.15. The van der Waals surface area contributed by atoms with Crippen molar-refractivity contribution in [3.05, 3.63) is 108 Å². The maximum absolute atomic E-state index is 11.3. The van der Waals surface area contributed by atoms with Crippen molar-refractivity contribution >= 4 is 5.91 Å². The number of benzene rings is 3. The van der Waals surface area contributed by atoms with Crippen LogP contribution in [-0.4, -0.2) is 42.2 Å². The molecule has 0 radical (unpaired) electrons. The van der Waals surface area contributed by atoms with Gasteiger partial charge in [-0.3, -0.25) is 4.79 Å². The summed E-state index contributed by atoms with van der Waals surface area (Å²) < 4.78 is 13.0. The summed E-state index contributed by atoms with van der Waals surface area (Å²) in [5, 5.41) is 12.3. The molecule has 1 heterocycles. The lowest BCUT2D eigenvalue weighted by atomic mass is 9.98. The molecule has 37 heavy (non-hydrogen) atoms. The van der Waals surface area contributed by atoms with Crippen LogP contribution in [0.3, 0.4) is 0 Å². The zero-order chi connectivity index (χ0) is 26.2. The van der Waals surface area contributed by atoms with Crippen LogP contribution >= 0.6 is 0 Å². The number of hydrogen-bond acceptors (Lipinski definition) is 5. The van der Waals surface area contributed by atoms with Crippen molar-refractivity contribution < 1.29 is 19.4 Å². The van der Waals surface area contributed by atoms with Crippen molar-refractivity contribution in [3.63, 3.8) is 0 Å². The highest BCUT2D eigenvalue weighted by Crippen LogP contribution is 2.39. The van der Waals surface area contributed by atoms with Crippen molar-refractivity contribution in [1.29, 1.82) is 0 Å². The summed E-state index contributed by atoms with van der Waals surface area (Å²) in [4.78, 5) is 13.5. The highest BCUT2D eigenvalue weighted by Gasteiger charge is 2.32. The van der Waals surface area contributed by atoms with E-state index in [2.05, 4.69) is 48.1 Å². The summed E-state index contributed by atoms with van der Waals surface area (Å²) in [6, 6.07) is 24.4. The number of aliphatic hydroxyl groups excluding tert-OH is 1. The van der Waals surface area contributed by atoms with E-state index in [0.717, 1.165) is 52.9 Å². The number of nitrogens with one attached hydrogen (secondary N) is 1. The van der Waals surface area contributed by atoms with Gasteiger partial charge in [-0.25, -0.2) is 0 Å². The third-order valence-corrected chi connectivity index (χ3v) is 6.53. The number of hydrogen-bond donors (Lipinski definition) is 2. The van der Waals surface area contributed by atoms with Crippen LogP contribution in [0.4, 0.5) is 0 Å². The van der Waals surface area contributed by atoms with Gasteiger partial charge in [-0.15, -0.1) is 6.58 Å². The fourth-order valence-electron chi connectivity index (χ4n) is 4.63. The van der Waals surface area contributed by atoms with Gasteiger partial charge in [0.25, 0.3) is 0 Å². The van der Waals surface area contributed by atoms with Crippen molar-refractivity contribution in [2.45, 2.75) is 45.0 Å². The molecular formula is C31H36N2O4. The van der Waals surface area contributed by atoms with Gasteiger partial charge in [-0.2, -0.15) is 0 Å². The number of aliphatic hydroxyl groups is 1. The number of ether oxygens (including phenoxy) is 2. The van der Waals surface area contributed by atoms with Gasteiger partial charge in [-0.1, -0.05) is 66.7 Å². The minimum Gasteiger partial charge on any atom is -0.392 e. The third kappa shape index (κ3) is 7.37. The van der Waals surface area contributed by atoms with Crippen molar-refractivity contribution in [1.82, 2.24) is 10.2 Å². The van der Waals surface area contributed by atoms with Crippen molar-refractivity contribution in [3.8, 4) is 11.1 Å². The topological polar surface area (TPSA) is 71.0 Å². The van der Waals surface area contributed by atoms with Gasteiger partial charge in [0.1, 0.15) is 0 Å². The Hall–Kier alpha value is -3.29. The molecular weight excluding hydrogens is 464 g/mol. The fraction of sp³-hybridized carbons (Fsp3) is 0.323. The van der Waals surface area contributed by atoms with E-state index in [9.17, 15) is 9.90 Å². The van der Waals surface area contributed by atoms with Crippen LogP contribution in [0, 0.1) is 0 Å². The largest absolute Gasteiger partial charge is 0.392 e. The predicted molar refractivity (Wildman–Crippen MR) is 146 cm³/mol. The summed E-state index contributed by atoms with van der Waals surface area (Å²) in [5.74, 6) is -0.0483. The van der Waals surface area contributed by atoms with Crippen LogP contribution in [0.2, 0.25) is 0 Å². The first-order valence-electron chi connectivity index (χ1n) is 12.7. The van der Waals surface area contributed by atoms with Gasteiger partial charge >= 0.3 is 0 Å². The van der Waals surface area contributed by atoms with E-state index in [1.165, 1.54) is 6.92 Å². The van der Waals surface area contributed by atoms with Gasteiger partial charge in [0.05, 0.1) is 18.8 Å². The Labute approximate surface area is 219 Å². The summed E-state index contributed by atoms with van der Waals surface area (Å²) in [6.07, 6.45) is 1.97. The molecule has 0 aliphatic carbocycles. The maximum atomic E-state index is 11.3. The van der Waals surface area contributed by atoms with E-state index in [1.54, 1.807) is 0 Å². The number of rotatable bonds is 10. The molecule has 1 amide bonds. The lowest BCUT2D eigenvalue weighted by Crippen LogP contribution is -2.37. The Bertz CT molecular complexity index is 1190. The lowest BCUT2D eigenvalue weighted by molar-refractivity contribution is -0.252. The molecule has 3 atom stereocenters. The molecule has 1 saturated heterocycles. The van der Waals surface area contributed by atoms with Crippen LogP contribution in [0.15, 0.2) is 85.5 Å². The van der Waals surface area contributed by atoms with Crippen LogP contribution in [0.1, 0.15) is 48.0 Å². The van der Waals surface area contributed by atoms with Gasteiger partial charge in [0.2, 0.25) is 5.91 Å². The van der Waals surface area contributed by atoms with Gasteiger partial charge in [-0.05, 0) is 47.0 Å². The number of carbonyl (C=O) groups excluding carboxylic acids is 1. The molecule has 0 aromatic heterocycles. The maximum Gasteiger partial charge on any atom is 0.217 e. The second kappa shape index (κ2) is 12.8. The van der Waals surface area contributed by atoms with Gasteiger partial charge < -0.3 is 24.8 Å². The molecule has 0 saturated carbocycles. The highest BCUT2D eigenvalue weighted by molar-refractivity contribution is 5.73. The Kier molecular flexibility index (Phi) is 9.25. The highest BCUT2D eigenvalue weighted by atomic mass is 16.7. The van der Waals surface area contributed by atoms with E-state index in [-0.39, 0.29) is 24.7 Å². The molecule has 0 unspecified atom stereocenters. The molecule has 0 spiro atoms. The van der Waals surface area contributed by atoms with E-state index in [0.29, 0.717) is 6.54 Å². The average molecular weight is 501 g/mol. The molecule has 1 fully saturated rings. The molecule has 6 heteroatoms. The standard InChI is InChI=1S/C31H36N2O4/c1-4-15-33(3)20-29-18-30(25-13-11-23(21-34)12-14-25)37-31(36-29)28-10-6-9-27(17-28)26-8-5-7-24(16-26)19-32-22(2)35/h4-14,16-17,29-31,34H,1,15,18-21H2,2-3H3,(H,32,35)/t29-,30+,31+/m0/s1. The number of likely N-dealkylation sites (N-methyl/N-ethyl adjacent to an activating group) is 1. The second-order valence-corrected chi connectivity index (χ2v) is 9.60. The third-order valence-electron chi connectivity index (χ3n) is 6.53. The molecule has 2 N–H and O–H groups in total. The summed E-state index contributed by atoms with van der Waals surface area (Å²) >= 11 is 0. The first kappa shape index (κ1) is 26.8. The summed E-state index contributed by atoms with van der Waals surface area (Å²) in [5.41, 5.74) is 6.08. The number of nitrogens with zero attached hydrogens (tertiary/aromatic N) is 1. The van der Waals surface area contributed by atoms with Gasteiger partial charge in [0.15, 0.2) is 6.29 Å². The second-order valence-electron chi connectivity index (χ2n) is 9.60. The quantitative estimate of drug-likeness (QED) is 0.377. The Morgan fingerprint density at radius 2 is 1.76 bits per heavy atom. The first-order chi connectivity index (χ1) is 17.9. The molecule has 3 aromatic rings. The molecule has 1 aliphatic rings. The van der Waals surface area contributed by atoms with E-state index in [1.807, 2.05) is 54.6 Å². The van der Waals surface area contributed by atoms with E-state index >= 15 is 0 Å². The number of carbonyl (C=O) groups is 1. The Balaban J connectivity index is 1.58. The van der Waals surface area contributed by atoms with E-state index < -0.39 is 6.29 Å². The van der Waals surface area contributed by atoms with Crippen LogP contribution < -0.4 is 5.32 Å². The van der Waals surface area contributed by atoms with Crippen molar-refractivity contribution in [2.75, 3.05) is 20.1 Å². The minimum atomic E-state index is -0.513. The zero-order valence-electron chi connectivity index (χ0n) is 21.6. The minimum absolute atomic E-state index is 0.0177. The molecule has 1 aliphatic heterocycles. The van der Waals surface area contributed by atoms with Crippen LogP contribution in [-0.2, 0) is 27.4 Å². The van der Waals surface area contributed by atoms with Crippen molar-refractivity contribution in [2.24, 2.45) is 0 Å². The Morgan fingerprint density at radius 3 is 2.46 bits per heavy atom. The zero-order valence-corrected chi connectivity index (χ0v) is 21.6. The fourth-order valence-corrected chi connectivity index (χ4v) is 4.63. The van der Waals surface area contributed by atoms with Crippen LogP contribution in [0.25, 0.3) is 11.1 Å². The molecule has 194 valence electrons. The molecule has 6 nitrogen and oxygen atoms in total. The van der Waals surface area contributed by atoms with E-state index in [4.69, 9.17) is 9.47 Å². The summed E-state index contributed by atoms with van der Waals surface area (Å²) in [6.45, 7) is 7.44. The van der Waals surface area contributed by atoms with Crippen LogP contribution in [0.5, 0.6) is 0 Å². The smallest absolute Gasteiger partial charge is 0.217 e.